The summed E-state index contributed by atoms with van der Waals surface area (Å²) in [6, 6.07) is 12.1. The molecule has 1 heterocycles. The van der Waals surface area contributed by atoms with Crippen LogP contribution in [0.1, 0.15) is 36.2 Å². The molecule has 3 rings (SSSR count). The molecule has 0 aliphatic heterocycles. The number of amides is 1. The predicted molar refractivity (Wildman–Crippen MR) is 81.7 cm³/mol. The first-order valence-corrected chi connectivity index (χ1v) is 7.39. The van der Waals surface area contributed by atoms with Crippen molar-refractivity contribution < 1.29 is 4.79 Å². The number of benzene rings is 1. The van der Waals surface area contributed by atoms with E-state index in [2.05, 4.69) is 15.5 Å². The highest BCUT2D eigenvalue weighted by Gasteiger charge is 2.21. The highest BCUT2D eigenvalue weighted by molar-refractivity contribution is 5.93. The van der Waals surface area contributed by atoms with E-state index in [-0.39, 0.29) is 18.0 Å². The van der Waals surface area contributed by atoms with E-state index in [1.807, 2.05) is 30.3 Å². The van der Waals surface area contributed by atoms with Crippen LogP contribution in [0, 0.1) is 0 Å². The lowest BCUT2D eigenvalue weighted by Gasteiger charge is -2.26. The third-order valence-electron chi connectivity index (χ3n) is 4.00. The maximum atomic E-state index is 12.2. The van der Waals surface area contributed by atoms with Crippen LogP contribution in [0.4, 0.5) is 0 Å². The number of nitrogens with two attached hydrogens (primary N) is 1. The molecule has 0 unspecified atom stereocenters. The van der Waals surface area contributed by atoms with Gasteiger partial charge in [0.2, 0.25) is 0 Å². The topological polar surface area (TPSA) is 83.8 Å². The largest absolute Gasteiger partial charge is 0.348 e. The highest BCUT2D eigenvalue weighted by atomic mass is 16.2. The van der Waals surface area contributed by atoms with Crippen LogP contribution in [0.3, 0.4) is 0 Å². The Hall–Kier alpha value is -2.14. The molecule has 1 aliphatic rings. The van der Waals surface area contributed by atoms with Gasteiger partial charge in [-0.2, -0.15) is 5.10 Å². The van der Waals surface area contributed by atoms with Gasteiger partial charge >= 0.3 is 0 Å². The number of hydrogen-bond acceptors (Lipinski definition) is 3. The van der Waals surface area contributed by atoms with E-state index in [1.54, 1.807) is 6.07 Å². The van der Waals surface area contributed by atoms with E-state index in [1.165, 1.54) is 0 Å². The third kappa shape index (κ3) is 3.31. The van der Waals surface area contributed by atoms with E-state index in [0.717, 1.165) is 36.9 Å². The lowest BCUT2D eigenvalue weighted by atomic mass is 9.92. The standard InChI is InChI=1S/C16H20N4O/c17-12-6-8-13(9-7-12)18-16(21)15-10-14(19-20-15)11-4-2-1-3-5-11/h1-5,10,12-13H,6-9,17H2,(H,18,21)(H,19,20). The predicted octanol–water partition coefficient (Wildman–Crippen LogP) is 2.08. The summed E-state index contributed by atoms with van der Waals surface area (Å²) in [6.07, 6.45) is 3.85. The number of H-pyrrole nitrogens is 1. The molecule has 1 saturated carbocycles. The SMILES string of the molecule is NC1CCC(NC(=O)c2cc(-c3ccccc3)n[nH]2)CC1. The Morgan fingerprint density at radius 1 is 1.19 bits per heavy atom. The third-order valence-corrected chi connectivity index (χ3v) is 4.00. The second-order valence-corrected chi connectivity index (χ2v) is 5.62. The minimum Gasteiger partial charge on any atom is -0.348 e. The first kappa shape index (κ1) is 13.8. The van der Waals surface area contributed by atoms with Crippen LogP contribution in [-0.2, 0) is 0 Å². The van der Waals surface area contributed by atoms with Crippen molar-refractivity contribution in [3.8, 4) is 11.3 Å². The van der Waals surface area contributed by atoms with E-state index in [9.17, 15) is 4.79 Å². The molecule has 5 nitrogen and oxygen atoms in total. The van der Waals surface area contributed by atoms with Gasteiger partial charge in [-0.05, 0) is 31.7 Å². The Morgan fingerprint density at radius 2 is 1.90 bits per heavy atom. The number of hydrogen-bond donors (Lipinski definition) is 3. The molecule has 0 bridgehead atoms. The van der Waals surface area contributed by atoms with Gasteiger partial charge in [0.15, 0.2) is 0 Å². The van der Waals surface area contributed by atoms with Gasteiger partial charge in [-0.25, -0.2) is 0 Å². The molecule has 5 heteroatoms. The maximum absolute atomic E-state index is 12.2. The van der Waals surface area contributed by atoms with Gasteiger partial charge in [0, 0.05) is 17.6 Å². The van der Waals surface area contributed by atoms with E-state index >= 15 is 0 Å². The number of aromatic nitrogens is 2. The van der Waals surface area contributed by atoms with Crippen molar-refractivity contribution in [1.29, 1.82) is 0 Å². The van der Waals surface area contributed by atoms with Gasteiger partial charge < -0.3 is 11.1 Å². The van der Waals surface area contributed by atoms with Gasteiger partial charge in [0.1, 0.15) is 5.69 Å². The van der Waals surface area contributed by atoms with Crippen molar-refractivity contribution in [2.45, 2.75) is 37.8 Å². The zero-order valence-electron chi connectivity index (χ0n) is 11.9. The number of carbonyl (C=O) groups excluding carboxylic acids is 1. The monoisotopic (exact) mass is 284 g/mol. The fourth-order valence-corrected chi connectivity index (χ4v) is 2.72. The van der Waals surface area contributed by atoms with Crippen LogP contribution in [0.5, 0.6) is 0 Å². The van der Waals surface area contributed by atoms with E-state index in [4.69, 9.17) is 5.73 Å². The number of nitrogens with one attached hydrogen (secondary N) is 2. The fourth-order valence-electron chi connectivity index (χ4n) is 2.72. The number of aromatic amines is 1. The van der Waals surface area contributed by atoms with Crippen molar-refractivity contribution >= 4 is 5.91 Å². The molecule has 1 amide bonds. The Balaban J connectivity index is 1.64. The maximum Gasteiger partial charge on any atom is 0.269 e. The van der Waals surface area contributed by atoms with Gasteiger partial charge in [-0.1, -0.05) is 30.3 Å². The number of rotatable bonds is 3. The lowest BCUT2D eigenvalue weighted by molar-refractivity contribution is 0.0921. The zero-order valence-corrected chi connectivity index (χ0v) is 11.9. The van der Waals surface area contributed by atoms with Gasteiger partial charge in [-0.3, -0.25) is 9.89 Å². The summed E-state index contributed by atoms with van der Waals surface area (Å²) >= 11 is 0. The molecule has 1 fully saturated rings. The van der Waals surface area contributed by atoms with Crippen molar-refractivity contribution in [2.75, 3.05) is 0 Å². The fraction of sp³-hybridized carbons (Fsp3) is 0.375. The van der Waals surface area contributed by atoms with Gasteiger partial charge in [0.05, 0.1) is 5.69 Å². The van der Waals surface area contributed by atoms with Crippen molar-refractivity contribution in [2.24, 2.45) is 5.73 Å². The van der Waals surface area contributed by atoms with Crippen LogP contribution in [0.2, 0.25) is 0 Å². The van der Waals surface area contributed by atoms with Gasteiger partial charge in [0.25, 0.3) is 5.91 Å². The molecular weight excluding hydrogens is 264 g/mol. The summed E-state index contributed by atoms with van der Waals surface area (Å²) in [4.78, 5) is 12.2. The Labute approximate surface area is 123 Å². The minimum atomic E-state index is -0.0925. The number of nitrogens with zero attached hydrogens (tertiary/aromatic N) is 1. The quantitative estimate of drug-likeness (QED) is 0.806. The molecule has 1 aromatic heterocycles. The summed E-state index contributed by atoms with van der Waals surface area (Å²) in [5.74, 6) is -0.0925. The van der Waals surface area contributed by atoms with Crippen LogP contribution in [0.25, 0.3) is 11.3 Å². The average molecular weight is 284 g/mol. The van der Waals surface area contributed by atoms with Crippen molar-refractivity contribution in [3.05, 3.63) is 42.1 Å². The molecule has 0 radical (unpaired) electrons. The molecule has 21 heavy (non-hydrogen) atoms. The van der Waals surface area contributed by atoms with Crippen molar-refractivity contribution in [3.63, 3.8) is 0 Å². The van der Waals surface area contributed by atoms with Crippen molar-refractivity contribution in [1.82, 2.24) is 15.5 Å². The first-order chi connectivity index (χ1) is 10.2. The molecular formula is C16H20N4O. The normalized spacial score (nSPS) is 22.0. The molecule has 0 atom stereocenters. The van der Waals surface area contributed by atoms with Crippen LogP contribution in [-0.4, -0.2) is 28.2 Å². The van der Waals surface area contributed by atoms with E-state index in [0.29, 0.717) is 5.69 Å². The zero-order chi connectivity index (χ0) is 14.7. The molecule has 4 N–H and O–H groups in total. The molecule has 0 spiro atoms. The Morgan fingerprint density at radius 3 is 2.62 bits per heavy atom. The summed E-state index contributed by atoms with van der Waals surface area (Å²) in [6.45, 7) is 0. The van der Waals surface area contributed by atoms with Crippen LogP contribution >= 0.6 is 0 Å². The first-order valence-electron chi connectivity index (χ1n) is 7.39. The summed E-state index contributed by atoms with van der Waals surface area (Å²) < 4.78 is 0. The molecule has 2 aromatic rings. The highest BCUT2D eigenvalue weighted by Crippen LogP contribution is 2.19. The molecule has 1 aliphatic carbocycles. The molecule has 0 saturated heterocycles. The number of carbonyl (C=O) groups is 1. The summed E-state index contributed by atoms with van der Waals surface area (Å²) in [7, 11) is 0. The van der Waals surface area contributed by atoms with Gasteiger partial charge in [-0.15, -0.1) is 0 Å². The summed E-state index contributed by atoms with van der Waals surface area (Å²) in [5.41, 5.74) is 8.16. The van der Waals surface area contributed by atoms with Crippen LogP contribution in [0.15, 0.2) is 36.4 Å². The average Bonchev–Trinajstić information content (AvgIpc) is 3.00. The molecule has 1 aromatic carbocycles. The smallest absolute Gasteiger partial charge is 0.269 e. The minimum absolute atomic E-state index is 0.0925. The summed E-state index contributed by atoms with van der Waals surface area (Å²) in [5, 5.41) is 10.1. The Kier molecular flexibility index (Phi) is 4.01. The lowest BCUT2D eigenvalue weighted by Crippen LogP contribution is -2.40. The molecule has 110 valence electrons. The van der Waals surface area contributed by atoms with E-state index < -0.39 is 0 Å². The van der Waals surface area contributed by atoms with Crippen LogP contribution < -0.4 is 11.1 Å². The second-order valence-electron chi connectivity index (χ2n) is 5.62. The Bertz CT molecular complexity index is 600. The second kappa shape index (κ2) is 6.10.